The predicted octanol–water partition coefficient (Wildman–Crippen LogP) is 4.75. The van der Waals surface area contributed by atoms with Gasteiger partial charge in [0.2, 0.25) is 0 Å². The van der Waals surface area contributed by atoms with Gasteiger partial charge < -0.3 is 9.80 Å². The smallest absolute Gasteiger partial charge is 0.0505 e. The standard InChI is InChI=1S/C20H24N2/c1-14-10-11-17(12-15(14)2)22-13-19(16(3)21(4)5)18-8-6-7-9-20(18)22/h6-12H,13H2,1-5H3/b19-16+. The highest BCUT2D eigenvalue weighted by atomic mass is 15.2. The molecule has 0 unspecified atom stereocenters. The molecule has 0 spiro atoms. The van der Waals surface area contributed by atoms with Gasteiger partial charge in [-0.15, -0.1) is 0 Å². The maximum absolute atomic E-state index is 2.42. The first-order valence-corrected chi connectivity index (χ1v) is 7.80. The van der Waals surface area contributed by atoms with Crippen molar-refractivity contribution in [2.75, 3.05) is 25.5 Å². The van der Waals surface area contributed by atoms with Gasteiger partial charge in [-0.25, -0.2) is 0 Å². The van der Waals surface area contributed by atoms with Gasteiger partial charge in [0.15, 0.2) is 0 Å². The van der Waals surface area contributed by atoms with Crippen LogP contribution in [-0.2, 0) is 0 Å². The molecule has 1 heterocycles. The molecule has 22 heavy (non-hydrogen) atoms. The summed E-state index contributed by atoms with van der Waals surface area (Å²) in [6.45, 7) is 7.49. The molecule has 2 nitrogen and oxygen atoms in total. The van der Waals surface area contributed by atoms with Crippen molar-refractivity contribution in [1.29, 1.82) is 0 Å². The molecule has 0 saturated carbocycles. The van der Waals surface area contributed by atoms with Crippen LogP contribution >= 0.6 is 0 Å². The molecule has 0 fully saturated rings. The number of aryl methyl sites for hydroxylation is 2. The van der Waals surface area contributed by atoms with E-state index < -0.39 is 0 Å². The zero-order valence-corrected chi connectivity index (χ0v) is 14.1. The van der Waals surface area contributed by atoms with E-state index in [1.54, 1.807) is 0 Å². The molecular weight excluding hydrogens is 268 g/mol. The lowest BCUT2D eigenvalue weighted by atomic mass is 10.1. The summed E-state index contributed by atoms with van der Waals surface area (Å²) < 4.78 is 0. The van der Waals surface area contributed by atoms with Crippen molar-refractivity contribution < 1.29 is 0 Å². The number of allylic oxidation sites excluding steroid dienone is 1. The lowest BCUT2D eigenvalue weighted by molar-refractivity contribution is 0.515. The molecule has 2 aromatic carbocycles. The molecule has 0 saturated heterocycles. The average Bonchev–Trinajstić information content (AvgIpc) is 2.89. The van der Waals surface area contributed by atoms with Crippen LogP contribution in [0.5, 0.6) is 0 Å². The molecule has 0 aliphatic carbocycles. The van der Waals surface area contributed by atoms with Gasteiger partial charge in [0.1, 0.15) is 0 Å². The van der Waals surface area contributed by atoms with Gasteiger partial charge in [-0.1, -0.05) is 24.3 Å². The Morgan fingerprint density at radius 3 is 2.41 bits per heavy atom. The quantitative estimate of drug-likeness (QED) is 0.788. The Hall–Kier alpha value is -2.22. The van der Waals surface area contributed by atoms with Crippen molar-refractivity contribution in [3.8, 4) is 0 Å². The van der Waals surface area contributed by atoms with Crippen LogP contribution in [0.4, 0.5) is 11.4 Å². The summed E-state index contributed by atoms with van der Waals surface area (Å²) in [7, 11) is 4.23. The largest absolute Gasteiger partial charge is 0.381 e. The van der Waals surface area contributed by atoms with Gasteiger partial charge in [-0.2, -0.15) is 0 Å². The minimum atomic E-state index is 0.936. The lowest BCUT2D eigenvalue weighted by Gasteiger charge is -2.21. The van der Waals surface area contributed by atoms with Crippen molar-refractivity contribution in [1.82, 2.24) is 4.90 Å². The second-order valence-electron chi connectivity index (χ2n) is 6.33. The molecule has 0 radical (unpaired) electrons. The first-order chi connectivity index (χ1) is 10.5. The highest BCUT2D eigenvalue weighted by molar-refractivity contribution is 5.90. The van der Waals surface area contributed by atoms with Crippen LogP contribution < -0.4 is 4.90 Å². The van der Waals surface area contributed by atoms with E-state index in [9.17, 15) is 0 Å². The van der Waals surface area contributed by atoms with Gasteiger partial charge in [-0.05, 0) is 55.7 Å². The summed E-state index contributed by atoms with van der Waals surface area (Å²) in [4.78, 5) is 4.63. The Balaban J connectivity index is 2.12. The molecule has 0 bridgehead atoms. The Morgan fingerprint density at radius 2 is 1.73 bits per heavy atom. The second-order valence-corrected chi connectivity index (χ2v) is 6.33. The molecule has 0 N–H and O–H groups in total. The van der Waals surface area contributed by atoms with E-state index in [0.717, 1.165) is 6.54 Å². The molecule has 0 atom stereocenters. The first-order valence-electron chi connectivity index (χ1n) is 7.80. The summed E-state index contributed by atoms with van der Waals surface area (Å²) in [5.74, 6) is 0. The fraction of sp³-hybridized carbons (Fsp3) is 0.300. The van der Waals surface area contributed by atoms with E-state index in [4.69, 9.17) is 0 Å². The minimum Gasteiger partial charge on any atom is -0.381 e. The number of fused-ring (bicyclic) bond motifs is 1. The van der Waals surface area contributed by atoms with Gasteiger partial charge in [0, 0.05) is 36.7 Å². The van der Waals surface area contributed by atoms with Crippen molar-refractivity contribution in [2.24, 2.45) is 0 Å². The van der Waals surface area contributed by atoms with E-state index in [2.05, 4.69) is 87.1 Å². The third-order valence-electron chi connectivity index (χ3n) is 4.75. The van der Waals surface area contributed by atoms with Gasteiger partial charge in [0.05, 0.1) is 6.54 Å². The fourth-order valence-corrected chi connectivity index (χ4v) is 3.00. The zero-order valence-electron chi connectivity index (χ0n) is 14.1. The lowest BCUT2D eigenvalue weighted by Crippen LogP contribution is -2.16. The van der Waals surface area contributed by atoms with Crippen molar-refractivity contribution >= 4 is 16.9 Å². The maximum atomic E-state index is 2.42. The van der Waals surface area contributed by atoms with E-state index in [1.165, 1.54) is 39.3 Å². The van der Waals surface area contributed by atoms with Gasteiger partial charge in [-0.3, -0.25) is 0 Å². The third kappa shape index (κ3) is 2.39. The number of hydrogen-bond donors (Lipinski definition) is 0. The van der Waals surface area contributed by atoms with Crippen LogP contribution in [0.15, 0.2) is 48.2 Å². The Kier molecular flexibility index (Phi) is 3.69. The van der Waals surface area contributed by atoms with Gasteiger partial charge >= 0.3 is 0 Å². The highest BCUT2D eigenvalue weighted by Crippen LogP contribution is 2.42. The molecule has 1 aliphatic heterocycles. The summed E-state index contributed by atoms with van der Waals surface area (Å²) >= 11 is 0. The van der Waals surface area contributed by atoms with E-state index >= 15 is 0 Å². The SMILES string of the molecule is C/C(=C1/CN(c2ccc(C)c(C)c2)c2ccccc21)N(C)C. The first kappa shape index (κ1) is 14.7. The predicted molar refractivity (Wildman–Crippen MR) is 95.6 cm³/mol. The average molecular weight is 292 g/mol. The van der Waals surface area contributed by atoms with Crippen molar-refractivity contribution in [3.63, 3.8) is 0 Å². The molecule has 114 valence electrons. The maximum Gasteiger partial charge on any atom is 0.0505 e. The highest BCUT2D eigenvalue weighted by Gasteiger charge is 2.26. The Bertz CT molecular complexity index is 741. The van der Waals surface area contributed by atoms with Crippen LogP contribution in [0.1, 0.15) is 23.6 Å². The van der Waals surface area contributed by atoms with E-state index in [0.29, 0.717) is 0 Å². The summed E-state index contributed by atoms with van der Waals surface area (Å²) in [5, 5.41) is 0. The van der Waals surface area contributed by atoms with E-state index in [1.807, 2.05) is 0 Å². The van der Waals surface area contributed by atoms with E-state index in [-0.39, 0.29) is 0 Å². The molecule has 2 heteroatoms. The summed E-state index contributed by atoms with van der Waals surface area (Å²) in [6.07, 6.45) is 0. The monoisotopic (exact) mass is 292 g/mol. The van der Waals surface area contributed by atoms with Crippen LogP contribution in [0.25, 0.3) is 5.57 Å². The van der Waals surface area contributed by atoms with Gasteiger partial charge in [0.25, 0.3) is 0 Å². The van der Waals surface area contributed by atoms with Crippen LogP contribution in [0.2, 0.25) is 0 Å². The number of rotatable bonds is 2. The Labute approximate surface area is 133 Å². The molecular formula is C20H24N2. The molecule has 0 aromatic heterocycles. The molecule has 2 aromatic rings. The molecule has 0 amide bonds. The van der Waals surface area contributed by atoms with Crippen LogP contribution in [-0.4, -0.2) is 25.5 Å². The number of hydrogen-bond acceptors (Lipinski definition) is 2. The number of anilines is 2. The van der Waals surface area contributed by atoms with Crippen LogP contribution in [0.3, 0.4) is 0 Å². The number of benzene rings is 2. The fourth-order valence-electron chi connectivity index (χ4n) is 3.00. The van der Waals surface area contributed by atoms with Crippen molar-refractivity contribution in [3.05, 3.63) is 64.9 Å². The topological polar surface area (TPSA) is 6.48 Å². The number of nitrogens with zero attached hydrogens (tertiary/aromatic N) is 2. The third-order valence-corrected chi connectivity index (χ3v) is 4.75. The number of para-hydroxylation sites is 1. The minimum absolute atomic E-state index is 0.936. The second kappa shape index (κ2) is 5.53. The Morgan fingerprint density at radius 1 is 1.00 bits per heavy atom. The summed E-state index contributed by atoms with van der Waals surface area (Å²) in [6, 6.07) is 15.5. The van der Waals surface area contributed by atoms with Crippen LogP contribution in [0, 0.1) is 13.8 Å². The molecule has 1 aliphatic rings. The summed E-state index contributed by atoms with van der Waals surface area (Å²) in [5.41, 5.74) is 9.37. The van der Waals surface area contributed by atoms with Crippen molar-refractivity contribution in [2.45, 2.75) is 20.8 Å². The normalized spacial score (nSPS) is 15.8. The zero-order chi connectivity index (χ0) is 15.9. The molecule has 3 rings (SSSR count).